The summed E-state index contributed by atoms with van der Waals surface area (Å²) < 4.78 is 27.7. The van der Waals surface area contributed by atoms with Crippen LogP contribution in [0.5, 0.6) is 0 Å². The van der Waals surface area contributed by atoms with E-state index < -0.39 is 10.0 Å². The van der Waals surface area contributed by atoms with Crippen molar-refractivity contribution in [2.75, 3.05) is 39.3 Å². The molecule has 1 heterocycles. The number of rotatable bonds is 7. The Hall–Kier alpha value is -2.22. The van der Waals surface area contributed by atoms with Gasteiger partial charge in [0.1, 0.15) is 0 Å². The lowest BCUT2D eigenvalue weighted by molar-refractivity contribution is -0.122. The Labute approximate surface area is 185 Å². The average Bonchev–Trinajstić information content (AvgIpc) is 2.80. The molecular weight excluding hydrogens is 410 g/mol. The van der Waals surface area contributed by atoms with Crippen LogP contribution >= 0.6 is 0 Å². The van der Waals surface area contributed by atoms with Gasteiger partial charge in [-0.1, -0.05) is 42.0 Å². The minimum atomic E-state index is -3.53. The number of carbonyl (C=O) groups excluding carboxylic acids is 1. The van der Waals surface area contributed by atoms with Crippen molar-refractivity contribution in [3.05, 3.63) is 54.1 Å². The summed E-state index contributed by atoms with van der Waals surface area (Å²) in [7, 11) is -3.53. The van der Waals surface area contributed by atoms with E-state index in [-0.39, 0.29) is 5.91 Å². The first kappa shape index (κ1) is 22.0. The van der Waals surface area contributed by atoms with Crippen molar-refractivity contribution in [1.82, 2.24) is 14.5 Å². The van der Waals surface area contributed by atoms with Gasteiger partial charge in [-0.3, -0.25) is 9.69 Å². The molecule has 1 aliphatic carbocycles. The Morgan fingerprint density at radius 1 is 0.968 bits per heavy atom. The van der Waals surface area contributed by atoms with E-state index in [0.717, 1.165) is 30.0 Å². The maximum Gasteiger partial charge on any atom is 0.243 e. The Morgan fingerprint density at radius 3 is 2.48 bits per heavy atom. The van der Waals surface area contributed by atoms with Crippen LogP contribution < -0.4 is 5.32 Å². The highest BCUT2D eigenvalue weighted by Crippen LogP contribution is 2.23. The molecule has 6 nitrogen and oxygen atoms in total. The number of sulfonamides is 1. The number of amides is 1. The monoisotopic (exact) mass is 441 g/mol. The number of nitrogens with one attached hydrogen (secondary N) is 1. The molecule has 0 saturated carbocycles. The molecule has 0 unspecified atom stereocenters. The van der Waals surface area contributed by atoms with Gasteiger partial charge in [0.2, 0.25) is 15.9 Å². The molecule has 1 N–H and O–H groups in total. The van der Waals surface area contributed by atoms with Gasteiger partial charge in [0, 0.05) is 32.7 Å². The van der Waals surface area contributed by atoms with Crippen LogP contribution in [0.1, 0.15) is 32.1 Å². The number of allylic oxidation sites excluding steroid dienone is 1. The number of nitrogens with zero attached hydrogens (tertiary/aromatic N) is 2. The fourth-order valence-corrected chi connectivity index (χ4v) is 5.82. The van der Waals surface area contributed by atoms with E-state index in [1.807, 2.05) is 35.2 Å². The highest BCUT2D eigenvalue weighted by Gasteiger charge is 2.29. The van der Waals surface area contributed by atoms with Crippen molar-refractivity contribution in [3.8, 4) is 0 Å². The topological polar surface area (TPSA) is 69.7 Å². The predicted octanol–water partition coefficient (Wildman–Crippen LogP) is 3.15. The van der Waals surface area contributed by atoms with Crippen molar-refractivity contribution < 1.29 is 13.2 Å². The molecular formula is C24H31N3O3S. The van der Waals surface area contributed by atoms with E-state index >= 15 is 0 Å². The summed E-state index contributed by atoms with van der Waals surface area (Å²) in [4.78, 5) is 14.6. The van der Waals surface area contributed by atoms with Gasteiger partial charge in [-0.2, -0.15) is 4.31 Å². The van der Waals surface area contributed by atoms with E-state index in [4.69, 9.17) is 0 Å². The number of fused-ring (bicyclic) bond motifs is 1. The Bertz CT molecular complexity index is 1060. The summed E-state index contributed by atoms with van der Waals surface area (Å²) in [5, 5.41) is 4.95. The van der Waals surface area contributed by atoms with Crippen LogP contribution in [-0.4, -0.2) is 62.8 Å². The highest BCUT2D eigenvalue weighted by atomic mass is 32.2. The van der Waals surface area contributed by atoms with Gasteiger partial charge in [-0.15, -0.1) is 0 Å². The van der Waals surface area contributed by atoms with Gasteiger partial charge in [-0.05, 0) is 55.0 Å². The van der Waals surface area contributed by atoms with Crippen LogP contribution in [0.4, 0.5) is 0 Å². The van der Waals surface area contributed by atoms with Crippen LogP contribution in [0.3, 0.4) is 0 Å². The second kappa shape index (κ2) is 9.94. The number of hydrogen-bond acceptors (Lipinski definition) is 4. The molecule has 1 aliphatic heterocycles. The minimum absolute atomic E-state index is 0.0160. The zero-order valence-electron chi connectivity index (χ0n) is 17.9. The summed E-state index contributed by atoms with van der Waals surface area (Å²) >= 11 is 0. The van der Waals surface area contributed by atoms with E-state index in [9.17, 15) is 13.2 Å². The van der Waals surface area contributed by atoms with Crippen molar-refractivity contribution in [2.45, 2.75) is 37.0 Å². The molecule has 2 aromatic rings. The van der Waals surface area contributed by atoms with Crippen molar-refractivity contribution in [1.29, 1.82) is 0 Å². The van der Waals surface area contributed by atoms with Crippen LogP contribution in [0, 0.1) is 0 Å². The summed E-state index contributed by atoms with van der Waals surface area (Å²) in [6.45, 7) is 2.92. The quantitative estimate of drug-likeness (QED) is 0.670. The van der Waals surface area contributed by atoms with Gasteiger partial charge in [0.05, 0.1) is 11.4 Å². The van der Waals surface area contributed by atoms with Crippen LogP contribution in [0.15, 0.2) is 59.0 Å². The van der Waals surface area contributed by atoms with Crippen molar-refractivity contribution >= 4 is 26.7 Å². The largest absolute Gasteiger partial charge is 0.355 e. The molecule has 31 heavy (non-hydrogen) atoms. The van der Waals surface area contributed by atoms with Gasteiger partial charge in [-0.25, -0.2) is 8.42 Å². The second-order valence-corrected chi connectivity index (χ2v) is 10.3. The number of benzene rings is 2. The van der Waals surface area contributed by atoms with E-state index in [1.165, 1.54) is 22.7 Å². The van der Waals surface area contributed by atoms with Crippen LogP contribution in [0.2, 0.25) is 0 Å². The standard InChI is InChI=1S/C24H31N3O3S/c28-24(25-13-12-20-6-2-1-3-7-20)19-26-14-16-27(17-15-26)31(29,30)23-11-10-21-8-4-5-9-22(21)18-23/h4-6,8-11,18H,1-3,7,12-17,19H2,(H,25,28). The van der Waals surface area contributed by atoms with E-state index in [2.05, 4.69) is 11.4 Å². The fourth-order valence-electron chi connectivity index (χ4n) is 4.36. The van der Waals surface area contributed by atoms with Gasteiger partial charge >= 0.3 is 0 Å². The SMILES string of the molecule is O=C(CN1CCN(S(=O)(=O)c2ccc3ccccc3c2)CC1)NCCC1=CCCCC1. The molecule has 0 atom stereocenters. The molecule has 0 bridgehead atoms. The first-order valence-corrected chi connectivity index (χ1v) is 12.6. The number of hydrogen-bond donors (Lipinski definition) is 1. The minimum Gasteiger partial charge on any atom is -0.355 e. The van der Waals surface area contributed by atoms with E-state index in [0.29, 0.717) is 44.2 Å². The second-order valence-electron chi connectivity index (χ2n) is 8.40. The van der Waals surface area contributed by atoms with Gasteiger partial charge < -0.3 is 5.32 Å². The molecule has 166 valence electrons. The molecule has 2 aliphatic rings. The molecule has 0 radical (unpaired) electrons. The zero-order valence-corrected chi connectivity index (χ0v) is 18.7. The smallest absolute Gasteiger partial charge is 0.243 e. The predicted molar refractivity (Wildman–Crippen MR) is 123 cm³/mol. The Kier molecular flexibility index (Phi) is 7.05. The highest BCUT2D eigenvalue weighted by molar-refractivity contribution is 7.89. The molecule has 2 aromatic carbocycles. The summed E-state index contributed by atoms with van der Waals surface area (Å²) in [5.41, 5.74) is 1.46. The lowest BCUT2D eigenvalue weighted by Crippen LogP contribution is -2.51. The third-order valence-corrected chi connectivity index (χ3v) is 8.11. The average molecular weight is 442 g/mol. The summed E-state index contributed by atoms with van der Waals surface area (Å²) in [6, 6.07) is 13.0. The molecule has 0 spiro atoms. The van der Waals surface area contributed by atoms with Crippen molar-refractivity contribution in [3.63, 3.8) is 0 Å². The molecule has 1 fully saturated rings. The van der Waals surface area contributed by atoms with Crippen LogP contribution in [0.25, 0.3) is 10.8 Å². The van der Waals surface area contributed by atoms with Gasteiger partial charge in [0.15, 0.2) is 0 Å². The van der Waals surface area contributed by atoms with Crippen LogP contribution in [-0.2, 0) is 14.8 Å². The molecule has 7 heteroatoms. The normalized spacial score (nSPS) is 18.6. The summed E-state index contributed by atoms with van der Waals surface area (Å²) in [5.74, 6) is 0.0160. The third kappa shape index (κ3) is 5.53. The van der Waals surface area contributed by atoms with Gasteiger partial charge in [0.25, 0.3) is 0 Å². The first-order chi connectivity index (χ1) is 15.0. The Balaban J connectivity index is 1.26. The lowest BCUT2D eigenvalue weighted by Gasteiger charge is -2.33. The molecule has 1 saturated heterocycles. The maximum atomic E-state index is 13.1. The number of carbonyl (C=O) groups is 1. The molecule has 4 rings (SSSR count). The summed E-state index contributed by atoms with van der Waals surface area (Å²) in [6.07, 6.45) is 8.10. The Morgan fingerprint density at radius 2 is 1.74 bits per heavy atom. The zero-order chi connectivity index (χ0) is 21.7. The molecule has 0 aromatic heterocycles. The molecule has 1 amide bonds. The third-order valence-electron chi connectivity index (χ3n) is 6.21. The lowest BCUT2D eigenvalue weighted by atomic mass is 9.97. The first-order valence-electron chi connectivity index (χ1n) is 11.2. The number of piperazine rings is 1. The van der Waals surface area contributed by atoms with E-state index in [1.54, 1.807) is 12.1 Å². The van der Waals surface area contributed by atoms with Crippen molar-refractivity contribution in [2.24, 2.45) is 0 Å². The fraction of sp³-hybridized carbons (Fsp3) is 0.458. The maximum absolute atomic E-state index is 13.1.